The Labute approximate surface area is 215 Å². The number of carbonyl (C=O) groups is 1. The fraction of sp³-hybridized carbons (Fsp3) is 0.968. The van der Waals surface area contributed by atoms with Crippen molar-refractivity contribution in [2.75, 3.05) is 19.6 Å². The molecule has 34 heavy (non-hydrogen) atoms. The van der Waals surface area contributed by atoms with Crippen molar-refractivity contribution in [1.29, 1.82) is 0 Å². The van der Waals surface area contributed by atoms with Crippen LogP contribution in [0.25, 0.3) is 0 Å². The molecule has 0 amide bonds. The largest absolute Gasteiger partial charge is 0.462 e. The van der Waals surface area contributed by atoms with Gasteiger partial charge in [0.05, 0.1) is 0 Å². The van der Waals surface area contributed by atoms with Gasteiger partial charge in [-0.15, -0.1) is 0 Å². The fourth-order valence-electron chi connectivity index (χ4n) is 4.88. The van der Waals surface area contributed by atoms with Gasteiger partial charge in [-0.3, -0.25) is 4.79 Å². The molecule has 0 N–H and O–H groups in total. The number of nitrogens with zero attached hydrogens (tertiary/aromatic N) is 1. The summed E-state index contributed by atoms with van der Waals surface area (Å²) in [7, 11) is 0. The third-order valence-electron chi connectivity index (χ3n) is 7.01. The van der Waals surface area contributed by atoms with E-state index in [4.69, 9.17) is 4.74 Å². The van der Waals surface area contributed by atoms with E-state index < -0.39 is 0 Å². The van der Waals surface area contributed by atoms with Gasteiger partial charge in [-0.2, -0.15) is 0 Å². The van der Waals surface area contributed by atoms with E-state index in [1.54, 1.807) is 0 Å². The minimum Gasteiger partial charge on any atom is -0.462 e. The molecule has 0 heterocycles. The van der Waals surface area contributed by atoms with E-state index in [1.807, 2.05) is 0 Å². The molecule has 0 aromatic carbocycles. The highest BCUT2D eigenvalue weighted by Gasteiger charge is 2.13. The minimum atomic E-state index is 0.0393. The zero-order chi connectivity index (χ0) is 25.1. The summed E-state index contributed by atoms with van der Waals surface area (Å²) in [5, 5.41) is 0. The Hall–Kier alpha value is -0.570. The molecule has 0 aliphatic rings. The Morgan fingerprint density at radius 3 is 1.56 bits per heavy atom. The molecule has 1 unspecified atom stereocenters. The highest BCUT2D eigenvalue weighted by atomic mass is 16.5. The lowest BCUT2D eigenvalue weighted by molar-refractivity contribution is -0.150. The van der Waals surface area contributed by atoms with Crippen LogP contribution in [0.4, 0.5) is 0 Å². The first-order chi connectivity index (χ1) is 16.7. The Bertz CT molecular complexity index is 412. The molecule has 0 aliphatic carbocycles. The molecule has 0 spiro atoms. The third kappa shape index (κ3) is 23.2. The Balaban J connectivity index is 3.78. The molecule has 0 saturated heterocycles. The van der Waals surface area contributed by atoms with E-state index in [9.17, 15) is 4.79 Å². The second-order valence-electron chi connectivity index (χ2n) is 10.6. The summed E-state index contributed by atoms with van der Waals surface area (Å²) in [5.74, 6) is 0.0393. The van der Waals surface area contributed by atoms with Crippen LogP contribution in [0.3, 0.4) is 0 Å². The standard InChI is InChI=1S/C31H63NO2/c1-5-9-11-13-16-20-25-30(24-7-3)34-31(33)26-21-17-15-19-23-29-32(27-8-4)28-22-18-14-12-10-6-2/h30H,5-29H2,1-4H3. The van der Waals surface area contributed by atoms with Crippen molar-refractivity contribution in [3.05, 3.63) is 0 Å². The van der Waals surface area contributed by atoms with Crippen LogP contribution in [0.1, 0.15) is 169 Å². The number of carbonyl (C=O) groups excluding carboxylic acids is 1. The topological polar surface area (TPSA) is 29.5 Å². The highest BCUT2D eigenvalue weighted by Crippen LogP contribution is 2.16. The van der Waals surface area contributed by atoms with Crippen LogP contribution in [0.15, 0.2) is 0 Å². The minimum absolute atomic E-state index is 0.0393. The molecule has 0 bridgehead atoms. The first-order valence-corrected chi connectivity index (χ1v) is 15.6. The first kappa shape index (κ1) is 33.4. The SMILES string of the molecule is CCCCCCCCC(CCC)OC(=O)CCCCCCCN(CCC)CCCCCCCC. The van der Waals surface area contributed by atoms with Crippen molar-refractivity contribution in [3.8, 4) is 0 Å². The smallest absolute Gasteiger partial charge is 0.306 e. The zero-order valence-corrected chi connectivity index (χ0v) is 24.0. The lowest BCUT2D eigenvalue weighted by Gasteiger charge is -2.21. The third-order valence-corrected chi connectivity index (χ3v) is 7.01. The number of ether oxygens (including phenoxy) is 1. The number of hydrogen-bond acceptors (Lipinski definition) is 3. The van der Waals surface area contributed by atoms with Crippen LogP contribution in [0.5, 0.6) is 0 Å². The number of esters is 1. The van der Waals surface area contributed by atoms with Gasteiger partial charge in [-0.05, 0) is 64.6 Å². The maximum absolute atomic E-state index is 12.3. The highest BCUT2D eigenvalue weighted by molar-refractivity contribution is 5.69. The summed E-state index contributed by atoms with van der Waals surface area (Å²) in [5.41, 5.74) is 0. The van der Waals surface area contributed by atoms with E-state index in [1.165, 1.54) is 122 Å². The van der Waals surface area contributed by atoms with Gasteiger partial charge in [0.2, 0.25) is 0 Å². The van der Waals surface area contributed by atoms with Gasteiger partial charge < -0.3 is 9.64 Å². The normalized spacial score (nSPS) is 12.4. The Kier molecular flexibility index (Phi) is 26.6. The Morgan fingerprint density at radius 1 is 0.529 bits per heavy atom. The molecule has 0 aromatic rings. The van der Waals surface area contributed by atoms with Crippen LogP contribution in [-0.2, 0) is 9.53 Å². The van der Waals surface area contributed by atoms with Gasteiger partial charge in [0.1, 0.15) is 6.10 Å². The molecular formula is C31H63NO2. The van der Waals surface area contributed by atoms with Crippen molar-refractivity contribution in [1.82, 2.24) is 4.90 Å². The quantitative estimate of drug-likeness (QED) is 0.0863. The predicted octanol–water partition coefficient (Wildman–Crippen LogP) is 9.86. The van der Waals surface area contributed by atoms with Gasteiger partial charge in [-0.25, -0.2) is 0 Å². The summed E-state index contributed by atoms with van der Waals surface area (Å²) in [6.07, 6.45) is 27.3. The monoisotopic (exact) mass is 481 g/mol. The van der Waals surface area contributed by atoms with Gasteiger partial charge in [0.25, 0.3) is 0 Å². The fourth-order valence-corrected chi connectivity index (χ4v) is 4.88. The molecule has 0 rings (SSSR count). The first-order valence-electron chi connectivity index (χ1n) is 15.6. The second kappa shape index (κ2) is 27.0. The van der Waals surface area contributed by atoms with Crippen molar-refractivity contribution in [2.24, 2.45) is 0 Å². The van der Waals surface area contributed by atoms with Crippen molar-refractivity contribution in [2.45, 2.75) is 175 Å². The molecule has 0 saturated carbocycles. The number of unbranched alkanes of at least 4 members (excludes halogenated alkanes) is 14. The summed E-state index contributed by atoms with van der Waals surface area (Å²) < 4.78 is 5.83. The van der Waals surface area contributed by atoms with Crippen LogP contribution in [0.2, 0.25) is 0 Å². The number of hydrogen-bond donors (Lipinski definition) is 0. The van der Waals surface area contributed by atoms with Gasteiger partial charge in [0.15, 0.2) is 0 Å². The summed E-state index contributed by atoms with van der Waals surface area (Å²) in [6.45, 7) is 12.8. The van der Waals surface area contributed by atoms with Gasteiger partial charge >= 0.3 is 5.97 Å². The van der Waals surface area contributed by atoms with E-state index in [-0.39, 0.29) is 12.1 Å². The average molecular weight is 482 g/mol. The van der Waals surface area contributed by atoms with E-state index in [2.05, 4.69) is 32.6 Å². The maximum atomic E-state index is 12.3. The molecule has 0 aliphatic heterocycles. The maximum Gasteiger partial charge on any atom is 0.306 e. The Morgan fingerprint density at radius 2 is 1.03 bits per heavy atom. The van der Waals surface area contributed by atoms with Crippen LogP contribution in [-0.4, -0.2) is 36.6 Å². The number of rotatable bonds is 27. The molecule has 204 valence electrons. The van der Waals surface area contributed by atoms with Gasteiger partial charge in [0, 0.05) is 6.42 Å². The van der Waals surface area contributed by atoms with Gasteiger partial charge in [-0.1, -0.05) is 118 Å². The molecule has 0 radical (unpaired) electrons. The second-order valence-corrected chi connectivity index (χ2v) is 10.6. The lowest BCUT2D eigenvalue weighted by atomic mass is 10.0. The van der Waals surface area contributed by atoms with E-state index >= 15 is 0 Å². The predicted molar refractivity (Wildman–Crippen MR) is 151 cm³/mol. The zero-order valence-electron chi connectivity index (χ0n) is 24.0. The van der Waals surface area contributed by atoms with E-state index in [0.717, 1.165) is 32.1 Å². The summed E-state index contributed by atoms with van der Waals surface area (Å²) >= 11 is 0. The average Bonchev–Trinajstić information content (AvgIpc) is 2.82. The van der Waals surface area contributed by atoms with E-state index in [0.29, 0.717) is 6.42 Å². The summed E-state index contributed by atoms with van der Waals surface area (Å²) in [6, 6.07) is 0. The summed E-state index contributed by atoms with van der Waals surface area (Å²) in [4.78, 5) is 15.0. The molecule has 1 atom stereocenters. The van der Waals surface area contributed by atoms with Crippen molar-refractivity contribution in [3.63, 3.8) is 0 Å². The molecule has 0 aromatic heterocycles. The lowest BCUT2D eigenvalue weighted by Crippen LogP contribution is -2.27. The molecular weight excluding hydrogens is 418 g/mol. The van der Waals surface area contributed by atoms with Crippen LogP contribution >= 0.6 is 0 Å². The van der Waals surface area contributed by atoms with Crippen LogP contribution < -0.4 is 0 Å². The molecule has 0 fully saturated rings. The van der Waals surface area contributed by atoms with Crippen molar-refractivity contribution >= 4 is 5.97 Å². The molecule has 3 nitrogen and oxygen atoms in total. The van der Waals surface area contributed by atoms with Crippen LogP contribution in [0, 0.1) is 0 Å². The molecule has 3 heteroatoms. The van der Waals surface area contributed by atoms with Crippen molar-refractivity contribution < 1.29 is 9.53 Å².